The summed E-state index contributed by atoms with van der Waals surface area (Å²) >= 11 is 1.80. The van der Waals surface area contributed by atoms with Crippen molar-refractivity contribution >= 4 is 11.3 Å². The van der Waals surface area contributed by atoms with Crippen molar-refractivity contribution in [3.05, 3.63) is 22.8 Å². The zero-order chi connectivity index (χ0) is 11.7. The lowest BCUT2D eigenvalue weighted by atomic mass is 10.2. The molecular formula is C12H16N4S. The molecule has 5 heteroatoms. The average Bonchev–Trinajstić information content (AvgIpc) is 2.94. The van der Waals surface area contributed by atoms with Crippen molar-refractivity contribution in [3.63, 3.8) is 0 Å². The Morgan fingerprint density at radius 1 is 1.53 bits per heavy atom. The van der Waals surface area contributed by atoms with Gasteiger partial charge >= 0.3 is 0 Å². The number of aryl methyl sites for hydroxylation is 1. The molecule has 0 saturated carbocycles. The standard InChI is InChI=1S/C12H16N4S/c1-2-7-16-10(4-6-14-16)12-15-9-3-5-13-8-11(9)17-12/h4,6,13H,2-3,5,7-8H2,1H3. The van der Waals surface area contributed by atoms with Crippen molar-refractivity contribution in [2.24, 2.45) is 0 Å². The molecule has 2 aromatic rings. The minimum absolute atomic E-state index is 0.963. The minimum Gasteiger partial charge on any atom is -0.311 e. The number of nitrogens with zero attached hydrogens (tertiary/aromatic N) is 3. The fraction of sp³-hybridized carbons (Fsp3) is 0.500. The molecule has 2 aromatic heterocycles. The molecule has 4 nitrogen and oxygen atoms in total. The van der Waals surface area contributed by atoms with E-state index in [0.717, 1.165) is 43.2 Å². The summed E-state index contributed by atoms with van der Waals surface area (Å²) in [6.45, 7) is 5.15. The van der Waals surface area contributed by atoms with Crippen LogP contribution in [-0.2, 0) is 19.5 Å². The van der Waals surface area contributed by atoms with Gasteiger partial charge in [-0.15, -0.1) is 11.3 Å². The maximum atomic E-state index is 4.75. The van der Waals surface area contributed by atoms with E-state index in [2.05, 4.69) is 28.1 Å². The van der Waals surface area contributed by atoms with Crippen LogP contribution in [-0.4, -0.2) is 21.3 Å². The summed E-state index contributed by atoms with van der Waals surface area (Å²) in [6, 6.07) is 2.06. The van der Waals surface area contributed by atoms with Crippen molar-refractivity contribution in [1.29, 1.82) is 0 Å². The molecule has 0 spiro atoms. The van der Waals surface area contributed by atoms with E-state index in [4.69, 9.17) is 4.98 Å². The number of aromatic nitrogens is 3. The molecule has 3 heterocycles. The van der Waals surface area contributed by atoms with Crippen LogP contribution in [0.25, 0.3) is 10.7 Å². The molecule has 0 bridgehead atoms. The second-order valence-electron chi connectivity index (χ2n) is 4.26. The Balaban J connectivity index is 1.97. The third-order valence-electron chi connectivity index (χ3n) is 2.97. The lowest BCUT2D eigenvalue weighted by Crippen LogP contribution is -2.22. The van der Waals surface area contributed by atoms with Gasteiger partial charge in [0.25, 0.3) is 0 Å². The molecule has 0 atom stereocenters. The van der Waals surface area contributed by atoms with Crippen LogP contribution in [0.4, 0.5) is 0 Å². The maximum Gasteiger partial charge on any atom is 0.142 e. The summed E-state index contributed by atoms with van der Waals surface area (Å²) in [7, 11) is 0. The van der Waals surface area contributed by atoms with Crippen LogP contribution in [0.15, 0.2) is 12.3 Å². The number of nitrogens with one attached hydrogen (secondary N) is 1. The molecule has 0 fully saturated rings. The molecule has 0 aliphatic carbocycles. The first-order valence-electron chi connectivity index (χ1n) is 6.10. The smallest absolute Gasteiger partial charge is 0.142 e. The number of hydrogen-bond donors (Lipinski definition) is 1. The van der Waals surface area contributed by atoms with Gasteiger partial charge < -0.3 is 5.32 Å². The maximum absolute atomic E-state index is 4.75. The quantitative estimate of drug-likeness (QED) is 0.904. The lowest BCUT2D eigenvalue weighted by Gasteiger charge is -2.09. The lowest BCUT2D eigenvalue weighted by molar-refractivity contribution is 0.608. The van der Waals surface area contributed by atoms with Gasteiger partial charge in [0.15, 0.2) is 0 Å². The Kier molecular flexibility index (Phi) is 2.94. The zero-order valence-electron chi connectivity index (χ0n) is 9.94. The Hall–Kier alpha value is -1.20. The normalized spacial score (nSPS) is 14.9. The summed E-state index contributed by atoms with van der Waals surface area (Å²) in [5, 5.41) is 8.86. The summed E-state index contributed by atoms with van der Waals surface area (Å²) in [5.41, 5.74) is 2.43. The minimum atomic E-state index is 0.963. The van der Waals surface area contributed by atoms with E-state index in [9.17, 15) is 0 Å². The van der Waals surface area contributed by atoms with E-state index in [1.54, 1.807) is 11.3 Å². The highest BCUT2D eigenvalue weighted by atomic mass is 32.1. The Bertz CT molecular complexity index is 491. The van der Waals surface area contributed by atoms with Crippen LogP contribution in [0, 0.1) is 0 Å². The Labute approximate surface area is 105 Å². The van der Waals surface area contributed by atoms with E-state index >= 15 is 0 Å². The van der Waals surface area contributed by atoms with E-state index in [-0.39, 0.29) is 0 Å². The monoisotopic (exact) mass is 248 g/mol. The van der Waals surface area contributed by atoms with Crippen LogP contribution in [0.3, 0.4) is 0 Å². The Morgan fingerprint density at radius 3 is 3.29 bits per heavy atom. The van der Waals surface area contributed by atoms with E-state index in [1.807, 2.05) is 6.20 Å². The molecule has 90 valence electrons. The van der Waals surface area contributed by atoms with Gasteiger partial charge in [-0.05, 0) is 12.5 Å². The molecule has 1 N–H and O–H groups in total. The predicted octanol–water partition coefficient (Wildman–Crippen LogP) is 2.06. The summed E-state index contributed by atoms with van der Waals surface area (Å²) in [6.07, 6.45) is 4.01. The number of fused-ring (bicyclic) bond motifs is 1. The van der Waals surface area contributed by atoms with Crippen LogP contribution in [0.2, 0.25) is 0 Å². The first-order chi connectivity index (χ1) is 8.38. The van der Waals surface area contributed by atoms with Crippen molar-refractivity contribution in [1.82, 2.24) is 20.1 Å². The van der Waals surface area contributed by atoms with Crippen molar-refractivity contribution in [2.45, 2.75) is 32.9 Å². The fourth-order valence-electron chi connectivity index (χ4n) is 2.14. The molecule has 0 amide bonds. The molecule has 0 aromatic carbocycles. The number of hydrogen-bond acceptors (Lipinski definition) is 4. The topological polar surface area (TPSA) is 42.7 Å². The van der Waals surface area contributed by atoms with Crippen LogP contribution in [0.1, 0.15) is 23.9 Å². The number of thiazole rings is 1. The van der Waals surface area contributed by atoms with Crippen molar-refractivity contribution < 1.29 is 0 Å². The van der Waals surface area contributed by atoms with Gasteiger partial charge in [0.2, 0.25) is 0 Å². The summed E-state index contributed by atoms with van der Waals surface area (Å²) < 4.78 is 2.05. The molecular weight excluding hydrogens is 232 g/mol. The first kappa shape index (κ1) is 10.9. The van der Waals surface area contributed by atoms with Crippen molar-refractivity contribution in [3.8, 4) is 10.7 Å². The van der Waals surface area contributed by atoms with Gasteiger partial charge in [-0.3, -0.25) is 4.68 Å². The summed E-state index contributed by atoms with van der Waals surface area (Å²) in [5.74, 6) is 0. The highest BCUT2D eigenvalue weighted by Gasteiger charge is 2.17. The zero-order valence-corrected chi connectivity index (χ0v) is 10.8. The SMILES string of the molecule is CCCn1nccc1-c1nc2c(s1)CNCC2. The largest absolute Gasteiger partial charge is 0.311 e. The summed E-state index contributed by atoms with van der Waals surface area (Å²) in [4.78, 5) is 6.14. The van der Waals surface area contributed by atoms with Gasteiger partial charge in [0.1, 0.15) is 5.01 Å². The average molecular weight is 248 g/mol. The Morgan fingerprint density at radius 2 is 2.47 bits per heavy atom. The molecule has 0 radical (unpaired) electrons. The molecule has 3 rings (SSSR count). The highest BCUT2D eigenvalue weighted by molar-refractivity contribution is 7.15. The third-order valence-corrected chi connectivity index (χ3v) is 4.09. The second kappa shape index (κ2) is 4.58. The highest BCUT2D eigenvalue weighted by Crippen LogP contribution is 2.29. The number of rotatable bonds is 3. The van der Waals surface area contributed by atoms with Gasteiger partial charge in [-0.2, -0.15) is 5.10 Å². The molecule has 1 aliphatic rings. The van der Waals surface area contributed by atoms with Crippen molar-refractivity contribution in [2.75, 3.05) is 6.54 Å². The second-order valence-corrected chi connectivity index (χ2v) is 5.34. The van der Waals surface area contributed by atoms with E-state index in [0.29, 0.717) is 0 Å². The van der Waals surface area contributed by atoms with Gasteiger partial charge in [-0.1, -0.05) is 6.92 Å². The third kappa shape index (κ3) is 2.00. The van der Waals surface area contributed by atoms with E-state index in [1.165, 1.54) is 10.6 Å². The van der Waals surface area contributed by atoms with Crippen LogP contribution >= 0.6 is 11.3 Å². The van der Waals surface area contributed by atoms with Gasteiger partial charge in [-0.25, -0.2) is 4.98 Å². The molecule has 0 saturated heterocycles. The molecule has 0 unspecified atom stereocenters. The van der Waals surface area contributed by atoms with Crippen LogP contribution in [0.5, 0.6) is 0 Å². The fourth-order valence-corrected chi connectivity index (χ4v) is 3.25. The first-order valence-corrected chi connectivity index (χ1v) is 6.91. The van der Waals surface area contributed by atoms with E-state index < -0.39 is 0 Å². The van der Waals surface area contributed by atoms with Gasteiger partial charge in [0.05, 0.1) is 11.4 Å². The van der Waals surface area contributed by atoms with Crippen LogP contribution < -0.4 is 5.32 Å². The molecule has 17 heavy (non-hydrogen) atoms. The molecule has 1 aliphatic heterocycles. The predicted molar refractivity (Wildman–Crippen MR) is 69.0 cm³/mol. The van der Waals surface area contributed by atoms with Gasteiger partial charge in [0, 0.05) is 37.1 Å².